The normalized spacial score (nSPS) is 10.8. The summed E-state index contributed by atoms with van der Waals surface area (Å²) < 4.78 is 29.1. The molecule has 2 aromatic carbocycles. The highest BCUT2D eigenvalue weighted by molar-refractivity contribution is 5.92. The van der Waals surface area contributed by atoms with Crippen LogP contribution in [0.15, 0.2) is 72.9 Å². The van der Waals surface area contributed by atoms with Gasteiger partial charge in [-0.25, -0.2) is 8.78 Å². The third kappa shape index (κ3) is 3.08. The molecule has 5 heteroatoms. The van der Waals surface area contributed by atoms with Crippen molar-refractivity contribution in [2.24, 2.45) is 0 Å². The van der Waals surface area contributed by atoms with Gasteiger partial charge in [0.15, 0.2) is 0 Å². The third-order valence-corrected chi connectivity index (χ3v) is 4.33. The Bertz CT molecular complexity index is 1080. The van der Waals surface area contributed by atoms with E-state index in [2.05, 4.69) is 15.2 Å². The van der Waals surface area contributed by atoms with Crippen LogP contribution in [0.2, 0.25) is 0 Å². The fourth-order valence-corrected chi connectivity index (χ4v) is 3.13. The molecule has 0 aliphatic heterocycles. The van der Waals surface area contributed by atoms with Crippen molar-refractivity contribution in [3.8, 4) is 33.6 Å². The second-order valence-corrected chi connectivity index (χ2v) is 6.06. The van der Waals surface area contributed by atoms with E-state index in [4.69, 9.17) is 0 Å². The number of hydrogen-bond acceptors (Lipinski definition) is 3. The Balaban J connectivity index is 2.13. The fourth-order valence-electron chi connectivity index (χ4n) is 3.13. The maximum absolute atomic E-state index is 14.5. The summed E-state index contributed by atoms with van der Waals surface area (Å²) >= 11 is 0. The number of halogens is 2. The van der Waals surface area contributed by atoms with E-state index in [1.54, 1.807) is 6.20 Å². The van der Waals surface area contributed by atoms with Crippen LogP contribution in [0, 0.1) is 18.6 Å². The summed E-state index contributed by atoms with van der Waals surface area (Å²) in [7, 11) is 0. The van der Waals surface area contributed by atoms with Crippen LogP contribution in [0.1, 0.15) is 5.69 Å². The molecule has 0 saturated carbocycles. The highest BCUT2D eigenvalue weighted by atomic mass is 19.1. The Labute approximate surface area is 155 Å². The molecule has 2 aromatic heterocycles. The standard InChI is InChI=1S/C22H15F2N3/c1-14-19(18-12-5-6-13-25-18)20(15-8-3-2-4-9-15)22(27-26-14)21-16(23)10-7-11-17(21)24/h2-13H,1H3. The number of nitrogens with zero attached hydrogens (tertiary/aromatic N) is 3. The van der Waals surface area contributed by atoms with Gasteiger partial charge in [-0.2, -0.15) is 5.10 Å². The zero-order valence-electron chi connectivity index (χ0n) is 14.5. The van der Waals surface area contributed by atoms with Gasteiger partial charge in [0.05, 0.1) is 17.0 Å². The fraction of sp³-hybridized carbons (Fsp3) is 0.0455. The smallest absolute Gasteiger partial charge is 0.135 e. The largest absolute Gasteiger partial charge is 0.256 e. The lowest BCUT2D eigenvalue weighted by atomic mass is 9.92. The maximum atomic E-state index is 14.5. The van der Waals surface area contributed by atoms with Gasteiger partial charge < -0.3 is 0 Å². The molecule has 0 aliphatic rings. The average Bonchev–Trinajstić information content (AvgIpc) is 2.70. The van der Waals surface area contributed by atoms with Crippen molar-refractivity contribution in [3.63, 3.8) is 0 Å². The second kappa shape index (κ2) is 7.03. The first kappa shape index (κ1) is 17.0. The monoisotopic (exact) mass is 359 g/mol. The molecule has 0 radical (unpaired) electrons. The molecule has 0 spiro atoms. The summed E-state index contributed by atoms with van der Waals surface area (Å²) in [5.74, 6) is -1.37. The van der Waals surface area contributed by atoms with Gasteiger partial charge in [-0.05, 0) is 36.8 Å². The van der Waals surface area contributed by atoms with Crippen LogP contribution in [-0.2, 0) is 0 Å². The van der Waals surface area contributed by atoms with Crippen molar-refractivity contribution in [2.75, 3.05) is 0 Å². The van der Waals surface area contributed by atoms with Crippen molar-refractivity contribution >= 4 is 0 Å². The number of benzene rings is 2. The third-order valence-electron chi connectivity index (χ3n) is 4.33. The molecule has 0 unspecified atom stereocenters. The first-order valence-corrected chi connectivity index (χ1v) is 8.45. The van der Waals surface area contributed by atoms with E-state index in [0.717, 1.165) is 5.56 Å². The van der Waals surface area contributed by atoms with Gasteiger partial charge in [-0.15, -0.1) is 5.10 Å². The second-order valence-electron chi connectivity index (χ2n) is 6.06. The number of rotatable bonds is 3. The molecular weight excluding hydrogens is 344 g/mol. The summed E-state index contributed by atoms with van der Waals surface area (Å²) in [6.45, 7) is 1.81. The van der Waals surface area contributed by atoms with Crippen molar-refractivity contribution in [2.45, 2.75) is 6.92 Å². The van der Waals surface area contributed by atoms with Crippen LogP contribution < -0.4 is 0 Å². The van der Waals surface area contributed by atoms with Crippen LogP contribution >= 0.6 is 0 Å². The summed E-state index contributed by atoms with van der Waals surface area (Å²) in [6, 6.07) is 18.7. The minimum Gasteiger partial charge on any atom is -0.256 e. The van der Waals surface area contributed by atoms with E-state index >= 15 is 0 Å². The Morgan fingerprint density at radius 2 is 1.37 bits per heavy atom. The molecule has 4 aromatic rings. The van der Waals surface area contributed by atoms with E-state index in [9.17, 15) is 8.78 Å². The van der Waals surface area contributed by atoms with E-state index in [0.29, 0.717) is 22.5 Å². The maximum Gasteiger partial charge on any atom is 0.135 e. The quantitative estimate of drug-likeness (QED) is 0.488. The molecule has 0 fully saturated rings. The van der Waals surface area contributed by atoms with Gasteiger partial charge in [0, 0.05) is 17.3 Å². The van der Waals surface area contributed by atoms with Crippen LogP contribution in [0.4, 0.5) is 8.78 Å². The van der Waals surface area contributed by atoms with Gasteiger partial charge in [0.2, 0.25) is 0 Å². The molecular formula is C22H15F2N3. The number of aromatic nitrogens is 3. The molecule has 0 bridgehead atoms. The van der Waals surface area contributed by atoms with Gasteiger partial charge in [0.1, 0.15) is 17.3 Å². The predicted molar refractivity (Wildman–Crippen MR) is 101 cm³/mol. The average molecular weight is 359 g/mol. The van der Waals surface area contributed by atoms with Crippen LogP contribution in [0.25, 0.3) is 33.6 Å². The number of hydrogen-bond donors (Lipinski definition) is 0. The van der Waals surface area contributed by atoms with Gasteiger partial charge in [0.25, 0.3) is 0 Å². The molecule has 0 saturated heterocycles. The van der Waals surface area contributed by atoms with Gasteiger partial charge >= 0.3 is 0 Å². The molecule has 0 N–H and O–H groups in total. The lowest BCUT2D eigenvalue weighted by molar-refractivity contribution is 0.588. The van der Waals surface area contributed by atoms with Crippen LogP contribution in [0.5, 0.6) is 0 Å². The van der Waals surface area contributed by atoms with Crippen molar-refractivity contribution < 1.29 is 8.78 Å². The number of pyridine rings is 1. The molecule has 4 rings (SSSR count). The first-order valence-electron chi connectivity index (χ1n) is 8.45. The Hall–Kier alpha value is -3.47. The van der Waals surface area contributed by atoms with Crippen LogP contribution in [-0.4, -0.2) is 15.2 Å². The van der Waals surface area contributed by atoms with Gasteiger partial charge in [-0.1, -0.05) is 42.5 Å². The van der Waals surface area contributed by atoms with E-state index < -0.39 is 11.6 Å². The van der Waals surface area contributed by atoms with E-state index in [1.807, 2.05) is 55.5 Å². The Morgan fingerprint density at radius 3 is 2.04 bits per heavy atom. The predicted octanol–water partition coefficient (Wildman–Crippen LogP) is 5.46. The van der Waals surface area contributed by atoms with Gasteiger partial charge in [-0.3, -0.25) is 4.98 Å². The molecule has 132 valence electrons. The molecule has 27 heavy (non-hydrogen) atoms. The Morgan fingerprint density at radius 1 is 0.667 bits per heavy atom. The first-order chi connectivity index (χ1) is 13.2. The van der Waals surface area contributed by atoms with E-state index in [-0.39, 0.29) is 11.3 Å². The lowest BCUT2D eigenvalue weighted by Gasteiger charge is -2.16. The molecule has 2 heterocycles. The lowest BCUT2D eigenvalue weighted by Crippen LogP contribution is -2.03. The zero-order chi connectivity index (χ0) is 18.8. The SMILES string of the molecule is Cc1nnc(-c2c(F)cccc2F)c(-c2ccccc2)c1-c1ccccn1. The summed E-state index contributed by atoms with van der Waals surface area (Å²) in [6.07, 6.45) is 1.67. The highest BCUT2D eigenvalue weighted by Gasteiger charge is 2.23. The molecule has 0 aliphatic carbocycles. The summed E-state index contributed by atoms with van der Waals surface area (Å²) in [4.78, 5) is 4.42. The minimum absolute atomic E-state index is 0.156. The summed E-state index contributed by atoms with van der Waals surface area (Å²) in [5, 5.41) is 8.35. The number of aryl methyl sites for hydroxylation is 1. The van der Waals surface area contributed by atoms with Crippen molar-refractivity contribution in [3.05, 3.63) is 90.3 Å². The van der Waals surface area contributed by atoms with Crippen molar-refractivity contribution in [1.29, 1.82) is 0 Å². The molecule has 3 nitrogen and oxygen atoms in total. The molecule has 0 atom stereocenters. The zero-order valence-corrected chi connectivity index (χ0v) is 14.5. The molecule has 0 amide bonds. The Kier molecular flexibility index (Phi) is 4.42. The minimum atomic E-state index is -0.683. The van der Waals surface area contributed by atoms with E-state index in [1.165, 1.54) is 18.2 Å². The van der Waals surface area contributed by atoms with Crippen LogP contribution in [0.3, 0.4) is 0 Å². The summed E-state index contributed by atoms with van der Waals surface area (Å²) in [5.41, 5.74) is 3.35. The highest BCUT2D eigenvalue weighted by Crippen LogP contribution is 2.40. The van der Waals surface area contributed by atoms with Crippen molar-refractivity contribution in [1.82, 2.24) is 15.2 Å². The topological polar surface area (TPSA) is 38.7 Å².